The van der Waals surface area contributed by atoms with Crippen LogP contribution >= 0.6 is 0 Å². The van der Waals surface area contributed by atoms with Crippen molar-refractivity contribution in [3.05, 3.63) is 166 Å². The molecule has 0 aliphatic heterocycles. The maximum absolute atomic E-state index is 2.44. The van der Waals surface area contributed by atoms with Crippen LogP contribution in [0, 0.1) is 0 Å². The van der Waals surface area contributed by atoms with Gasteiger partial charge in [0.2, 0.25) is 0 Å². The first-order valence-electron chi connectivity index (χ1n) is 25.6. The molecule has 0 saturated carbocycles. The Balaban J connectivity index is 0.000000261. The van der Waals surface area contributed by atoms with E-state index in [9.17, 15) is 0 Å². The first kappa shape index (κ1) is 54.3. The molecule has 0 saturated heterocycles. The zero-order valence-corrected chi connectivity index (χ0v) is 47.5. The third-order valence-corrected chi connectivity index (χ3v) is 13.7. The molecule has 0 aliphatic carbocycles. The normalized spacial score (nSPS) is 13.3. The van der Waals surface area contributed by atoms with Crippen LogP contribution in [0.2, 0.25) is 0 Å². The maximum atomic E-state index is 2.44. The van der Waals surface area contributed by atoms with E-state index in [4.69, 9.17) is 0 Å². The van der Waals surface area contributed by atoms with Gasteiger partial charge in [-0.15, -0.1) is 0 Å². The summed E-state index contributed by atoms with van der Waals surface area (Å²) in [4.78, 5) is 0. The van der Waals surface area contributed by atoms with Gasteiger partial charge in [-0.3, -0.25) is 0 Å². The molecule has 6 aromatic carbocycles. The van der Waals surface area contributed by atoms with Crippen molar-refractivity contribution in [3.8, 4) is 44.5 Å². The summed E-state index contributed by atoms with van der Waals surface area (Å²) < 4.78 is 0. The molecule has 0 N–H and O–H groups in total. The maximum Gasteiger partial charge on any atom is -0.0120 e. The highest BCUT2D eigenvalue weighted by molar-refractivity contribution is 5.82. The zero-order valence-electron chi connectivity index (χ0n) is 47.5. The zero-order chi connectivity index (χ0) is 51.4. The van der Waals surface area contributed by atoms with E-state index in [1.165, 1.54) is 89.0 Å². The van der Waals surface area contributed by atoms with Crippen LogP contribution in [0.5, 0.6) is 0 Å². The smallest absolute Gasteiger partial charge is 0.0120 e. The van der Waals surface area contributed by atoms with Crippen LogP contribution < -0.4 is 0 Å². The lowest BCUT2D eigenvalue weighted by Crippen LogP contribution is -2.19. The number of rotatable bonds is 4. The van der Waals surface area contributed by atoms with Gasteiger partial charge in [-0.05, 0) is 132 Å². The predicted octanol–water partition coefficient (Wildman–Crippen LogP) is 20.4. The summed E-state index contributed by atoms with van der Waals surface area (Å²) in [7, 11) is 0. The Morgan fingerprint density at radius 2 is 0.397 bits per heavy atom. The second-order valence-electron chi connectivity index (χ2n) is 28.2. The summed E-state index contributed by atoms with van der Waals surface area (Å²) in [5, 5.41) is 0. The van der Waals surface area contributed by atoms with Crippen LogP contribution in [-0.4, -0.2) is 0 Å². The lowest BCUT2D eigenvalue weighted by molar-refractivity contribution is 0.568. The van der Waals surface area contributed by atoms with E-state index in [0.717, 1.165) is 0 Å². The summed E-state index contributed by atoms with van der Waals surface area (Å²) in [5.41, 5.74) is 22.5. The summed E-state index contributed by atoms with van der Waals surface area (Å²) in [5.74, 6) is 0. The van der Waals surface area contributed by atoms with E-state index >= 15 is 0 Å². The van der Waals surface area contributed by atoms with Crippen molar-refractivity contribution in [2.75, 3.05) is 0 Å². The van der Waals surface area contributed by atoms with Gasteiger partial charge in [0.1, 0.15) is 0 Å². The van der Waals surface area contributed by atoms with Gasteiger partial charge in [0, 0.05) is 0 Å². The van der Waals surface area contributed by atoms with Crippen molar-refractivity contribution in [1.82, 2.24) is 0 Å². The van der Waals surface area contributed by atoms with Crippen molar-refractivity contribution in [1.29, 1.82) is 0 Å². The van der Waals surface area contributed by atoms with E-state index in [2.05, 4.69) is 287 Å². The lowest BCUT2D eigenvalue weighted by Gasteiger charge is -2.31. The Morgan fingerprint density at radius 1 is 0.191 bits per heavy atom. The Hall–Kier alpha value is -4.68. The van der Waals surface area contributed by atoms with Crippen LogP contribution in [0.15, 0.2) is 121 Å². The van der Waals surface area contributed by atoms with Gasteiger partial charge >= 0.3 is 0 Å². The van der Waals surface area contributed by atoms with Crippen LogP contribution in [0.25, 0.3) is 44.5 Å². The molecule has 0 atom stereocenters. The molecule has 0 bridgehead atoms. The fraction of sp³-hybridized carbons (Fsp3) is 0.471. The van der Waals surface area contributed by atoms with Gasteiger partial charge in [0.05, 0.1) is 0 Å². The molecule has 364 valence electrons. The summed E-state index contributed by atoms with van der Waals surface area (Å²) in [6.45, 7) is 55.6. The van der Waals surface area contributed by atoms with Crippen molar-refractivity contribution < 1.29 is 0 Å². The monoisotopic (exact) mass is 909 g/mol. The molecule has 6 rings (SSSR count). The average Bonchev–Trinajstić information content (AvgIpc) is 3.20. The first-order chi connectivity index (χ1) is 30.8. The molecule has 0 aliphatic rings. The van der Waals surface area contributed by atoms with Gasteiger partial charge in [-0.1, -0.05) is 287 Å². The Kier molecular flexibility index (Phi) is 15.1. The topological polar surface area (TPSA) is 0 Å². The molecule has 0 spiro atoms. The van der Waals surface area contributed by atoms with Gasteiger partial charge in [0.15, 0.2) is 0 Å². The first-order valence-corrected chi connectivity index (χ1v) is 25.6. The molecule has 6 aromatic rings. The van der Waals surface area contributed by atoms with Crippen LogP contribution in [0.1, 0.15) is 211 Å². The summed E-state index contributed by atoms with van der Waals surface area (Å²) in [6.07, 6.45) is 0. The SMILES string of the molecule is CC(C)(C)c1cc(-c2cccc(-c3cc(C(C)(C)C)cc(C(C)(C)C)c3)c2C(C)(C)C)cc(C(C)(C)C)c1.CC(C)(C)c1ccc(-c2cccc(-c3ccc(C(C)(C)C)cc3)c2C(C)(C)C)cc1. The number of hydrogen-bond donors (Lipinski definition) is 0. The second-order valence-corrected chi connectivity index (χ2v) is 28.2. The molecule has 68 heavy (non-hydrogen) atoms. The molecule has 0 fully saturated rings. The van der Waals surface area contributed by atoms with Crippen molar-refractivity contribution >= 4 is 0 Å². The van der Waals surface area contributed by atoms with Gasteiger partial charge in [-0.2, -0.15) is 0 Å². The lowest BCUT2D eigenvalue weighted by atomic mass is 9.73. The largest absolute Gasteiger partial charge is 0.0610 e. The van der Waals surface area contributed by atoms with Crippen LogP contribution in [0.4, 0.5) is 0 Å². The third kappa shape index (κ3) is 12.9. The van der Waals surface area contributed by atoms with Crippen LogP contribution in [0.3, 0.4) is 0 Å². The highest BCUT2D eigenvalue weighted by Gasteiger charge is 2.29. The van der Waals surface area contributed by atoms with Gasteiger partial charge in [0.25, 0.3) is 0 Å². The molecule has 0 nitrogen and oxygen atoms in total. The van der Waals surface area contributed by atoms with Crippen molar-refractivity contribution in [2.24, 2.45) is 0 Å². The Labute approximate surface area is 417 Å². The minimum absolute atomic E-state index is 0.0226. The minimum atomic E-state index is -0.0226. The standard InChI is InChI=1S/C38H54.C30H38/c1-34(2,3)27-19-25(20-28(23-27)35(4,5)6)31-17-16-18-32(33(31)38(13,14)15)26-21-29(36(7,8)9)24-30(22-26)37(10,11)12;1-28(2,3)23-17-13-21(14-18-23)25-11-10-12-26(27(25)30(7,8)9)22-15-19-24(20-16-22)29(4,5)6/h16-24H,1-15H3;10-20H,1-9H3. The minimum Gasteiger partial charge on any atom is -0.0610 e. The van der Waals surface area contributed by atoms with E-state index in [-0.39, 0.29) is 43.3 Å². The van der Waals surface area contributed by atoms with Crippen molar-refractivity contribution in [3.63, 3.8) is 0 Å². The third-order valence-electron chi connectivity index (χ3n) is 13.7. The van der Waals surface area contributed by atoms with Gasteiger partial charge in [-0.25, -0.2) is 0 Å². The molecular formula is C68H92. The quantitative estimate of drug-likeness (QED) is 0.165. The molecule has 0 unspecified atom stereocenters. The van der Waals surface area contributed by atoms with Crippen molar-refractivity contribution in [2.45, 2.75) is 209 Å². The fourth-order valence-corrected chi connectivity index (χ4v) is 9.28. The summed E-state index contributed by atoms with van der Waals surface area (Å²) >= 11 is 0. The molecule has 0 heteroatoms. The van der Waals surface area contributed by atoms with E-state index in [1.54, 1.807) is 0 Å². The predicted molar refractivity (Wildman–Crippen MR) is 304 cm³/mol. The van der Waals surface area contributed by atoms with Crippen LogP contribution in [-0.2, 0) is 43.3 Å². The average molecular weight is 909 g/mol. The molecule has 0 heterocycles. The fourth-order valence-electron chi connectivity index (χ4n) is 9.28. The number of hydrogen-bond acceptors (Lipinski definition) is 0. The second kappa shape index (κ2) is 18.9. The van der Waals surface area contributed by atoms with E-state index in [0.29, 0.717) is 0 Å². The highest BCUT2D eigenvalue weighted by atomic mass is 14.3. The molecule has 0 aromatic heterocycles. The molecular weight excluding hydrogens is 817 g/mol. The van der Waals surface area contributed by atoms with E-state index in [1.807, 2.05) is 0 Å². The Morgan fingerprint density at radius 3 is 0.588 bits per heavy atom. The highest BCUT2D eigenvalue weighted by Crippen LogP contribution is 2.45. The summed E-state index contributed by atoms with van der Waals surface area (Å²) in [6, 6.07) is 46.6. The Bertz CT molecular complexity index is 2440. The molecule has 0 radical (unpaired) electrons. The molecule has 0 amide bonds. The number of benzene rings is 6. The van der Waals surface area contributed by atoms with E-state index < -0.39 is 0 Å². The van der Waals surface area contributed by atoms with Gasteiger partial charge < -0.3 is 0 Å².